The summed E-state index contributed by atoms with van der Waals surface area (Å²) in [7, 11) is 0. The third-order valence-corrected chi connectivity index (χ3v) is 5.68. The lowest BCUT2D eigenvalue weighted by Gasteiger charge is -2.36. The molecule has 1 aliphatic rings. The molecular weight excluding hydrogens is 475 g/mol. The van der Waals surface area contributed by atoms with E-state index in [1.165, 1.54) is 5.56 Å². The van der Waals surface area contributed by atoms with Crippen LogP contribution in [0.3, 0.4) is 0 Å². The number of carbonyl (C=O) groups is 2. The molecule has 1 unspecified atom stereocenters. The average Bonchev–Trinajstić information content (AvgIpc) is 3.38. The van der Waals surface area contributed by atoms with Gasteiger partial charge in [0.2, 0.25) is 0 Å². The standard InChI is InChI=1S/C23H27N5O.C2HF3O2/c1-23(2,3)18-6-4-17(5-7-18)21-15-24-11-13-28(21)22(29)20-9-8-19(14-26-20)27-12-10-25-16-27;3-2(4,5)1(6)7/h4-10,12,14,16,21,24H,11,13,15H2,1-3H3;(H,6,7). The van der Waals surface area contributed by atoms with Gasteiger partial charge in [-0.15, -0.1) is 0 Å². The Labute approximate surface area is 206 Å². The smallest absolute Gasteiger partial charge is 0.475 e. The van der Waals surface area contributed by atoms with Crippen LogP contribution in [0.4, 0.5) is 13.2 Å². The summed E-state index contributed by atoms with van der Waals surface area (Å²) < 4.78 is 33.6. The lowest BCUT2D eigenvalue weighted by atomic mass is 9.86. The topological polar surface area (TPSA) is 100 Å². The van der Waals surface area contributed by atoms with Gasteiger partial charge in [0.05, 0.1) is 24.3 Å². The molecule has 0 bridgehead atoms. The molecular formula is C25H28F3N5O3. The number of pyridine rings is 1. The first-order valence-corrected chi connectivity index (χ1v) is 11.2. The Morgan fingerprint density at radius 2 is 1.75 bits per heavy atom. The van der Waals surface area contributed by atoms with Crippen LogP contribution >= 0.6 is 0 Å². The molecule has 1 atom stereocenters. The molecule has 4 rings (SSSR count). The van der Waals surface area contributed by atoms with Crippen molar-refractivity contribution in [1.82, 2.24) is 24.8 Å². The van der Waals surface area contributed by atoms with Gasteiger partial charge in [-0.25, -0.2) is 14.8 Å². The Balaban J connectivity index is 0.000000454. The van der Waals surface area contributed by atoms with Crippen LogP contribution in [0.1, 0.15) is 48.4 Å². The van der Waals surface area contributed by atoms with Crippen LogP contribution in [0, 0.1) is 0 Å². The predicted molar refractivity (Wildman–Crippen MR) is 127 cm³/mol. The fraction of sp³-hybridized carbons (Fsp3) is 0.360. The number of amides is 1. The van der Waals surface area contributed by atoms with Crippen LogP contribution < -0.4 is 5.32 Å². The van der Waals surface area contributed by atoms with E-state index in [4.69, 9.17) is 9.90 Å². The molecule has 36 heavy (non-hydrogen) atoms. The monoisotopic (exact) mass is 503 g/mol. The van der Waals surface area contributed by atoms with Crippen molar-refractivity contribution in [3.05, 3.63) is 78.1 Å². The van der Waals surface area contributed by atoms with E-state index in [1.54, 1.807) is 24.8 Å². The zero-order chi connectivity index (χ0) is 26.5. The lowest BCUT2D eigenvalue weighted by Crippen LogP contribution is -2.48. The van der Waals surface area contributed by atoms with Gasteiger partial charge in [0.25, 0.3) is 5.91 Å². The van der Waals surface area contributed by atoms with Gasteiger partial charge in [-0.05, 0) is 28.7 Å². The van der Waals surface area contributed by atoms with Gasteiger partial charge in [0, 0.05) is 32.0 Å². The number of hydrogen-bond acceptors (Lipinski definition) is 5. The number of carboxylic acid groups (broad SMARTS) is 1. The highest BCUT2D eigenvalue weighted by atomic mass is 19.4. The second kappa shape index (κ2) is 10.9. The SMILES string of the molecule is CC(C)(C)c1ccc(C2CNCCN2C(=O)c2ccc(-n3ccnc3)cn2)cc1.O=C(O)C(F)(F)F. The Morgan fingerprint density at radius 3 is 2.25 bits per heavy atom. The molecule has 1 amide bonds. The highest BCUT2D eigenvalue weighted by molar-refractivity contribution is 5.92. The van der Waals surface area contributed by atoms with E-state index in [2.05, 4.69) is 60.3 Å². The first-order valence-electron chi connectivity index (χ1n) is 11.2. The quantitative estimate of drug-likeness (QED) is 0.561. The van der Waals surface area contributed by atoms with E-state index in [0.29, 0.717) is 12.2 Å². The summed E-state index contributed by atoms with van der Waals surface area (Å²) in [5.74, 6) is -2.79. The number of nitrogens with zero attached hydrogens (tertiary/aromatic N) is 4. The van der Waals surface area contributed by atoms with E-state index in [9.17, 15) is 18.0 Å². The number of rotatable bonds is 3. The molecule has 11 heteroatoms. The highest BCUT2D eigenvalue weighted by Crippen LogP contribution is 2.28. The van der Waals surface area contributed by atoms with Crippen molar-refractivity contribution in [2.45, 2.75) is 38.4 Å². The van der Waals surface area contributed by atoms with Crippen molar-refractivity contribution in [3.8, 4) is 5.69 Å². The van der Waals surface area contributed by atoms with E-state index in [0.717, 1.165) is 24.3 Å². The Bertz CT molecular complexity index is 1160. The minimum atomic E-state index is -5.08. The summed E-state index contributed by atoms with van der Waals surface area (Å²) in [6, 6.07) is 12.3. The minimum absolute atomic E-state index is 0.000364. The molecule has 2 N–H and O–H groups in total. The van der Waals surface area contributed by atoms with E-state index in [1.807, 2.05) is 21.7 Å². The van der Waals surface area contributed by atoms with Crippen LogP contribution in [0.2, 0.25) is 0 Å². The molecule has 1 aromatic carbocycles. The van der Waals surface area contributed by atoms with Crippen LogP contribution in [0.25, 0.3) is 5.69 Å². The van der Waals surface area contributed by atoms with E-state index in [-0.39, 0.29) is 17.4 Å². The van der Waals surface area contributed by atoms with Crippen LogP contribution in [0.5, 0.6) is 0 Å². The summed E-state index contributed by atoms with van der Waals surface area (Å²) in [5.41, 5.74) is 3.90. The predicted octanol–water partition coefficient (Wildman–Crippen LogP) is 3.98. The fourth-order valence-corrected chi connectivity index (χ4v) is 3.67. The van der Waals surface area contributed by atoms with Gasteiger partial charge in [-0.2, -0.15) is 13.2 Å². The third-order valence-electron chi connectivity index (χ3n) is 5.68. The van der Waals surface area contributed by atoms with Crippen LogP contribution in [0.15, 0.2) is 61.3 Å². The Morgan fingerprint density at radius 1 is 1.08 bits per heavy atom. The molecule has 192 valence electrons. The number of carbonyl (C=O) groups excluding carboxylic acids is 1. The van der Waals surface area contributed by atoms with Crippen molar-refractivity contribution < 1.29 is 27.9 Å². The number of nitrogens with one attached hydrogen (secondary N) is 1. The third kappa shape index (κ3) is 6.69. The van der Waals surface area contributed by atoms with Crippen LogP contribution in [-0.4, -0.2) is 62.2 Å². The number of halogens is 3. The summed E-state index contributed by atoms with van der Waals surface area (Å²) >= 11 is 0. The Kier molecular flexibility index (Phi) is 8.13. The number of piperazine rings is 1. The van der Waals surface area contributed by atoms with Gasteiger partial charge in [0.1, 0.15) is 5.69 Å². The number of aromatic nitrogens is 3. The maximum Gasteiger partial charge on any atom is 0.490 e. The molecule has 3 aromatic rings. The number of aliphatic carboxylic acids is 1. The fourth-order valence-electron chi connectivity index (χ4n) is 3.67. The van der Waals surface area contributed by atoms with Crippen molar-refractivity contribution >= 4 is 11.9 Å². The summed E-state index contributed by atoms with van der Waals surface area (Å²) in [5, 5.41) is 10.5. The van der Waals surface area contributed by atoms with Crippen molar-refractivity contribution in [2.75, 3.05) is 19.6 Å². The van der Waals surface area contributed by atoms with Gasteiger partial charge in [-0.1, -0.05) is 45.0 Å². The zero-order valence-corrected chi connectivity index (χ0v) is 20.2. The molecule has 1 fully saturated rings. The molecule has 8 nitrogen and oxygen atoms in total. The molecule has 3 heterocycles. The van der Waals surface area contributed by atoms with Crippen molar-refractivity contribution in [3.63, 3.8) is 0 Å². The first-order chi connectivity index (χ1) is 16.9. The molecule has 1 saturated heterocycles. The normalized spacial score (nSPS) is 16.2. The van der Waals surface area contributed by atoms with Crippen LogP contribution in [-0.2, 0) is 10.2 Å². The average molecular weight is 504 g/mol. The number of alkyl halides is 3. The Hall–Kier alpha value is -3.73. The zero-order valence-electron chi connectivity index (χ0n) is 20.2. The number of benzene rings is 1. The molecule has 0 saturated carbocycles. The van der Waals surface area contributed by atoms with Gasteiger partial charge >= 0.3 is 12.1 Å². The minimum Gasteiger partial charge on any atom is -0.475 e. The number of imidazole rings is 1. The number of hydrogen-bond donors (Lipinski definition) is 2. The molecule has 0 radical (unpaired) electrons. The van der Waals surface area contributed by atoms with Crippen molar-refractivity contribution in [1.29, 1.82) is 0 Å². The molecule has 2 aromatic heterocycles. The largest absolute Gasteiger partial charge is 0.490 e. The molecule has 0 spiro atoms. The summed E-state index contributed by atoms with van der Waals surface area (Å²) in [6.45, 7) is 8.82. The van der Waals surface area contributed by atoms with Crippen molar-refractivity contribution in [2.24, 2.45) is 0 Å². The second-order valence-corrected chi connectivity index (χ2v) is 9.26. The van der Waals surface area contributed by atoms with Gasteiger partial charge < -0.3 is 19.9 Å². The second-order valence-electron chi connectivity index (χ2n) is 9.26. The van der Waals surface area contributed by atoms with Gasteiger partial charge in [0.15, 0.2) is 0 Å². The summed E-state index contributed by atoms with van der Waals surface area (Å²) in [6.07, 6.45) is 1.91. The highest BCUT2D eigenvalue weighted by Gasteiger charge is 2.38. The molecule has 0 aliphatic carbocycles. The lowest BCUT2D eigenvalue weighted by molar-refractivity contribution is -0.192. The maximum absolute atomic E-state index is 13.2. The van der Waals surface area contributed by atoms with Gasteiger partial charge in [-0.3, -0.25) is 4.79 Å². The van der Waals surface area contributed by atoms with E-state index < -0.39 is 12.1 Å². The van der Waals surface area contributed by atoms with E-state index >= 15 is 0 Å². The first kappa shape index (κ1) is 26.9. The maximum atomic E-state index is 13.2. The number of carboxylic acids is 1. The molecule has 1 aliphatic heterocycles. The summed E-state index contributed by atoms with van der Waals surface area (Å²) in [4.78, 5) is 32.5.